The van der Waals surface area contributed by atoms with Crippen molar-refractivity contribution in [1.82, 2.24) is 14.9 Å². The lowest BCUT2D eigenvalue weighted by molar-refractivity contribution is 0.0953. The number of fused-ring (bicyclic) bond motifs is 1. The van der Waals surface area contributed by atoms with Crippen molar-refractivity contribution in [3.63, 3.8) is 0 Å². The fourth-order valence-corrected chi connectivity index (χ4v) is 4.68. The van der Waals surface area contributed by atoms with E-state index < -0.39 is 0 Å². The predicted octanol–water partition coefficient (Wildman–Crippen LogP) is 7.31. The Morgan fingerprint density at radius 1 is 0.919 bits per heavy atom. The highest BCUT2D eigenvalue weighted by atomic mass is 35.5. The number of rotatable bonds is 13. The molecule has 0 fully saturated rings. The Morgan fingerprint density at radius 2 is 1.73 bits per heavy atom. The fourth-order valence-electron chi connectivity index (χ4n) is 4.46. The highest BCUT2D eigenvalue weighted by molar-refractivity contribution is 6.33. The molecule has 0 saturated heterocycles. The van der Waals surface area contributed by atoms with Gasteiger partial charge in [0.1, 0.15) is 11.6 Å². The number of para-hydroxylation sites is 2. The maximum absolute atomic E-state index is 12.3. The molecule has 0 aliphatic carbocycles. The van der Waals surface area contributed by atoms with Gasteiger partial charge in [-0.15, -0.1) is 0 Å². The topological polar surface area (TPSA) is 56.1 Å². The Labute approximate surface area is 224 Å². The van der Waals surface area contributed by atoms with Gasteiger partial charge in [0.15, 0.2) is 0 Å². The molecule has 0 aliphatic rings. The molecule has 1 N–H and O–H groups in total. The molecule has 3 aromatic carbocycles. The first-order valence-corrected chi connectivity index (χ1v) is 13.6. The summed E-state index contributed by atoms with van der Waals surface area (Å²) in [5.74, 6) is 1.96. The number of carbonyl (C=O) groups is 1. The number of nitrogens with one attached hydrogen (secondary N) is 1. The van der Waals surface area contributed by atoms with E-state index in [1.165, 1.54) is 16.6 Å². The molecular weight excluding hydrogens is 482 g/mol. The van der Waals surface area contributed by atoms with Gasteiger partial charge in [0, 0.05) is 19.5 Å². The van der Waals surface area contributed by atoms with E-state index in [0.717, 1.165) is 62.2 Å². The van der Waals surface area contributed by atoms with Crippen molar-refractivity contribution in [2.45, 2.75) is 58.9 Å². The first-order chi connectivity index (χ1) is 18.0. The zero-order valence-electron chi connectivity index (χ0n) is 21.8. The van der Waals surface area contributed by atoms with Gasteiger partial charge in [0.25, 0.3) is 5.91 Å². The molecule has 0 radical (unpaired) electrons. The molecule has 1 amide bonds. The first kappa shape index (κ1) is 26.7. The van der Waals surface area contributed by atoms with Gasteiger partial charge >= 0.3 is 0 Å². The van der Waals surface area contributed by atoms with Crippen LogP contribution in [0.2, 0.25) is 5.02 Å². The number of carbonyl (C=O) groups excluding carboxylic acids is 1. The highest BCUT2D eigenvalue weighted by Crippen LogP contribution is 2.20. The van der Waals surface area contributed by atoms with Crippen molar-refractivity contribution < 1.29 is 9.53 Å². The molecular formula is C31H36ClN3O2. The number of imidazole rings is 1. The van der Waals surface area contributed by atoms with E-state index in [0.29, 0.717) is 23.7 Å². The van der Waals surface area contributed by atoms with Gasteiger partial charge in [0.05, 0.1) is 28.2 Å². The fraction of sp³-hybridized carbons (Fsp3) is 0.355. The van der Waals surface area contributed by atoms with Gasteiger partial charge < -0.3 is 14.6 Å². The van der Waals surface area contributed by atoms with E-state index in [1.807, 2.05) is 24.3 Å². The van der Waals surface area contributed by atoms with Gasteiger partial charge in [-0.1, -0.05) is 48.4 Å². The van der Waals surface area contributed by atoms with Crippen molar-refractivity contribution in [2.75, 3.05) is 13.2 Å². The van der Waals surface area contributed by atoms with Crippen LogP contribution in [0.3, 0.4) is 0 Å². The monoisotopic (exact) mass is 517 g/mol. The Bertz CT molecular complexity index is 1330. The van der Waals surface area contributed by atoms with Crippen LogP contribution in [-0.4, -0.2) is 28.6 Å². The summed E-state index contributed by atoms with van der Waals surface area (Å²) in [6.07, 6.45) is 5.92. The summed E-state index contributed by atoms with van der Waals surface area (Å²) >= 11 is 6.11. The number of benzene rings is 3. The summed E-state index contributed by atoms with van der Waals surface area (Å²) in [5.41, 5.74) is 5.32. The summed E-state index contributed by atoms with van der Waals surface area (Å²) in [4.78, 5) is 17.2. The van der Waals surface area contributed by atoms with Crippen molar-refractivity contribution in [1.29, 1.82) is 0 Å². The average molecular weight is 518 g/mol. The Morgan fingerprint density at radius 3 is 2.57 bits per heavy atom. The second-order valence-corrected chi connectivity index (χ2v) is 9.92. The predicted molar refractivity (Wildman–Crippen MR) is 152 cm³/mol. The van der Waals surface area contributed by atoms with Crippen molar-refractivity contribution in [3.8, 4) is 5.75 Å². The number of nitrogens with zero attached hydrogens (tertiary/aromatic N) is 2. The number of hydrogen-bond acceptors (Lipinski definition) is 3. The SMILES string of the molecule is Cc1ccc(OCCCCn2c(CCCCCNC(=O)c3ccccc3Cl)nc3ccccc32)cc1C. The van der Waals surface area contributed by atoms with Gasteiger partial charge in [-0.25, -0.2) is 4.98 Å². The summed E-state index contributed by atoms with van der Waals surface area (Å²) in [6, 6.07) is 21.8. The lowest BCUT2D eigenvalue weighted by atomic mass is 10.1. The molecule has 1 heterocycles. The minimum Gasteiger partial charge on any atom is -0.494 e. The molecule has 5 nitrogen and oxygen atoms in total. The first-order valence-electron chi connectivity index (χ1n) is 13.2. The molecule has 0 spiro atoms. The van der Waals surface area contributed by atoms with Crippen LogP contribution >= 0.6 is 11.6 Å². The number of hydrogen-bond donors (Lipinski definition) is 1. The number of unbranched alkanes of at least 4 members (excludes halogenated alkanes) is 3. The zero-order valence-corrected chi connectivity index (χ0v) is 22.6. The number of aromatic nitrogens is 2. The molecule has 0 unspecified atom stereocenters. The quantitative estimate of drug-likeness (QED) is 0.189. The molecule has 6 heteroatoms. The van der Waals surface area contributed by atoms with E-state index in [2.05, 4.69) is 54.1 Å². The number of amides is 1. The van der Waals surface area contributed by atoms with E-state index in [-0.39, 0.29) is 5.91 Å². The normalized spacial score (nSPS) is 11.1. The van der Waals surface area contributed by atoms with Gasteiger partial charge in [-0.05, 0) is 87.1 Å². The second kappa shape index (κ2) is 13.3. The maximum Gasteiger partial charge on any atom is 0.252 e. The van der Waals surface area contributed by atoms with Crippen LogP contribution in [0.4, 0.5) is 0 Å². The number of aryl methyl sites for hydroxylation is 4. The largest absolute Gasteiger partial charge is 0.494 e. The van der Waals surface area contributed by atoms with E-state index in [9.17, 15) is 4.79 Å². The smallest absolute Gasteiger partial charge is 0.252 e. The third-order valence-electron chi connectivity index (χ3n) is 6.74. The Hall–Kier alpha value is -3.31. The lowest BCUT2D eigenvalue weighted by Crippen LogP contribution is -2.24. The summed E-state index contributed by atoms with van der Waals surface area (Å²) in [5, 5.41) is 3.45. The van der Waals surface area contributed by atoms with Gasteiger partial charge in [-0.3, -0.25) is 4.79 Å². The second-order valence-electron chi connectivity index (χ2n) is 9.52. The molecule has 1 aromatic heterocycles. The summed E-state index contributed by atoms with van der Waals surface area (Å²) < 4.78 is 8.34. The van der Waals surface area contributed by atoms with Crippen molar-refractivity contribution >= 4 is 28.5 Å². The molecule has 0 bridgehead atoms. The standard InChI is InChI=1S/C31H36ClN3O2/c1-23-17-18-25(22-24(23)2)37-21-11-10-20-35-29-15-8-7-14-28(29)34-30(35)16-4-3-9-19-33-31(36)26-12-5-6-13-27(26)32/h5-8,12-15,17-18,22H,3-4,9-11,16,19-21H2,1-2H3,(H,33,36). The van der Waals surface area contributed by atoms with Crippen LogP contribution in [0.25, 0.3) is 11.0 Å². The van der Waals surface area contributed by atoms with Gasteiger partial charge in [-0.2, -0.15) is 0 Å². The summed E-state index contributed by atoms with van der Waals surface area (Å²) in [7, 11) is 0. The molecule has 0 aliphatic heterocycles. The van der Waals surface area contributed by atoms with E-state index >= 15 is 0 Å². The Kier molecular flexibility index (Phi) is 9.61. The van der Waals surface area contributed by atoms with Crippen LogP contribution in [0.15, 0.2) is 66.7 Å². The third kappa shape index (κ3) is 7.36. The van der Waals surface area contributed by atoms with Gasteiger partial charge in [0.2, 0.25) is 0 Å². The van der Waals surface area contributed by atoms with E-state index in [1.54, 1.807) is 12.1 Å². The molecule has 0 saturated carbocycles. The maximum atomic E-state index is 12.3. The Balaban J connectivity index is 1.22. The number of ether oxygens (including phenoxy) is 1. The molecule has 194 valence electrons. The minimum atomic E-state index is -0.117. The van der Waals surface area contributed by atoms with Crippen molar-refractivity contribution in [3.05, 3.63) is 94.3 Å². The van der Waals surface area contributed by atoms with Crippen LogP contribution in [0, 0.1) is 13.8 Å². The van der Waals surface area contributed by atoms with Crippen LogP contribution in [0.1, 0.15) is 59.4 Å². The zero-order chi connectivity index (χ0) is 26.0. The highest BCUT2D eigenvalue weighted by Gasteiger charge is 2.11. The third-order valence-corrected chi connectivity index (χ3v) is 7.07. The molecule has 0 atom stereocenters. The van der Waals surface area contributed by atoms with Crippen molar-refractivity contribution in [2.24, 2.45) is 0 Å². The molecule has 4 aromatic rings. The van der Waals surface area contributed by atoms with Crippen LogP contribution < -0.4 is 10.1 Å². The van der Waals surface area contributed by atoms with E-state index in [4.69, 9.17) is 21.3 Å². The summed E-state index contributed by atoms with van der Waals surface area (Å²) in [6.45, 7) is 6.52. The molecule has 37 heavy (non-hydrogen) atoms. The lowest BCUT2D eigenvalue weighted by Gasteiger charge is -2.11. The number of halogens is 1. The van der Waals surface area contributed by atoms with Crippen LogP contribution in [0.5, 0.6) is 5.75 Å². The average Bonchev–Trinajstić information content (AvgIpc) is 3.25. The van der Waals surface area contributed by atoms with Crippen LogP contribution in [-0.2, 0) is 13.0 Å². The minimum absolute atomic E-state index is 0.117. The molecule has 4 rings (SSSR count).